The number of alkyl carbamates (subject to hydrolysis) is 1. The van der Waals surface area contributed by atoms with Gasteiger partial charge < -0.3 is 20.1 Å². The molecule has 0 saturated carbocycles. The Hall–Kier alpha value is -1.76. The molecule has 0 spiro atoms. The van der Waals surface area contributed by atoms with E-state index >= 15 is 0 Å². The zero-order valence-corrected chi connectivity index (χ0v) is 13.6. The van der Waals surface area contributed by atoms with Crippen LogP contribution in [0.3, 0.4) is 0 Å². The standard InChI is InChI=1S/C14H17BrN2O4/c1-14(2,3)21-13(19)17-10-7-20-11-6-8(15)4-5-9(11)16-12(10)18/h4-6,10H,7H2,1-3H3,(H,16,18)(H,17,19). The molecule has 0 aliphatic carbocycles. The SMILES string of the molecule is CC(C)(C)OC(=O)NC1COc2cc(Br)ccc2NC1=O. The van der Waals surface area contributed by atoms with Gasteiger partial charge in [0.1, 0.15) is 24.0 Å². The first-order chi connectivity index (χ1) is 9.74. The fourth-order valence-electron chi connectivity index (χ4n) is 1.74. The van der Waals surface area contributed by atoms with Gasteiger partial charge in [-0.05, 0) is 39.0 Å². The summed E-state index contributed by atoms with van der Waals surface area (Å²) in [6, 6.07) is 4.47. The summed E-state index contributed by atoms with van der Waals surface area (Å²) >= 11 is 3.34. The average molecular weight is 357 g/mol. The lowest BCUT2D eigenvalue weighted by Gasteiger charge is -2.22. The van der Waals surface area contributed by atoms with Crippen molar-refractivity contribution in [3.8, 4) is 5.75 Å². The first kappa shape index (κ1) is 15.6. The number of hydrogen-bond acceptors (Lipinski definition) is 4. The van der Waals surface area contributed by atoms with Crippen LogP contribution in [0.4, 0.5) is 10.5 Å². The van der Waals surface area contributed by atoms with Crippen LogP contribution in [-0.2, 0) is 9.53 Å². The molecule has 21 heavy (non-hydrogen) atoms. The maximum atomic E-state index is 12.1. The van der Waals surface area contributed by atoms with E-state index in [4.69, 9.17) is 9.47 Å². The molecule has 0 aromatic heterocycles. The maximum absolute atomic E-state index is 12.1. The van der Waals surface area contributed by atoms with E-state index in [-0.39, 0.29) is 12.5 Å². The largest absolute Gasteiger partial charge is 0.489 e. The van der Waals surface area contributed by atoms with E-state index in [1.54, 1.807) is 39.0 Å². The van der Waals surface area contributed by atoms with E-state index in [2.05, 4.69) is 26.6 Å². The molecule has 1 heterocycles. The summed E-state index contributed by atoms with van der Waals surface area (Å²) in [5, 5.41) is 5.22. The Labute approximate surface area is 131 Å². The van der Waals surface area contributed by atoms with Crippen molar-refractivity contribution in [1.29, 1.82) is 0 Å². The monoisotopic (exact) mass is 356 g/mol. The summed E-state index contributed by atoms with van der Waals surface area (Å²) < 4.78 is 11.5. The Morgan fingerprint density at radius 3 is 2.86 bits per heavy atom. The highest BCUT2D eigenvalue weighted by molar-refractivity contribution is 9.10. The van der Waals surface area contributed by atoms with Gasteiger partial charge in [0.2, 0.25) is 0 Å². The molecular weight excluding hydrogens is 340 g/mol. The summed E-state index contributed by atoms with van der Waals surface area (Å²) in [7, 11) is 0. The molecule has 1 aliphatic rings. The Morgan fingerprint density at radius 2 is 2.19 bits per heavy atom. The summed E-state index contributed by atoms with van der Waals surface area (Å²) in [6.07, 6.45) is -0.654. The normalized spacial score (nSPS) is 17.9. The van der Waals surface area contributed by atoms with E-state index in [1.165, 1.54) is 0 Å². The van der Waals surface area contributed by atoms with E-state index in [9.17, 15) is 9.59 Å². The number of hydrogen-bond donors (Lipinski definition) is 2. The number of carbonyl (C=O) groups excluding carboxylic acids is 2. The summed E-state index contributed by atoms with van der Waals surface area (Å²) in [4.78, 5) is 23.8. The average Bonchev–Trinajstić information content (AvgIpc) is 2.48. The zero-order valence-electron chi connectivity index (χ0n) is 12.0. The number of nitrogens with one attached hydrogen (secondary N) is 2. The van der Waals surface area contributed by atoms with Crippen molar-refractivity contribution in [2.45, 2.75) is 32.4 Å². The van der Waals surface area contributed by atoms with Gasteiger partial charge in [-0.2, -0.15) is 0 Å². The molecule has 0 radical (unpaired) electrons. The molecule has 2 rings (SSSR count). The van der Waals surface area contributed by atoms with E-state index in [1.807, 2.05) is 0 Å². The van der Waals surface area contributed by atoms with Crippen LogP contribution in [0.2, 0.25) is 0 Å². The molecule has 2 amide bonds. The Bertz CT molecular complexity index is 569. The van der Waals surface area contributed by atoms with Gasteiger partial charge in [0.15, 0.2) is 0 Å². The lowest BCUT2D eigenvalue weighted by Crippen LogP contribution is -2.48. The molecule has 7 heteroatoms. The number of halogens is 1. The smallest absolute Gasteiger partial charge is 0.408 e. The first-order valence-corrected chi connectivity index (χ1v) is 7.26. The Morgan fingerprint density at radius 1 is 1.48 bits per heavy atom. The van der Waals surface area contributed by atoms with Crippen LogP contribution in [0.25, 0.3) is 0 Å². The first-order valence-electron chi connectivity index (χ1n) is 6.47. The Balaban J connectivity index is 2.05. The molecule has 114 valence electrons. The second kappa shape index (κ2) is 5.93. The molecule has 1 unspecified atom stereocenters. The van der Waals surface area contributed by atoms with Crippen LogP contribution in [0.5, 0.6) is 5.75 Å². The van der Waals surface area contributed by atoms with Crippen LogP contribution in [-0.4, -0.2) is 30.3 Å². The highest BCUT2D eigenvalue weighted by atomic mass is 79.9. The van der Waals surface area contributed by atoms with Crippen LogP contribution in [0.15, 0.2) is 22.7 Å². The zero-order chi connectivity index (χ0) is 15.6. The molecule has 1 aliphatic heterocycles. The molecule has 0 fully saturated rings. The number of amides is 2. The number of ether oxygens (including phenoxy) is 2. The molecule has 1 aromatic carbocycles. The van der Waals surface area contributed by atoms with Crippen molar-refractivity contribution in [3.63, 3.8) is 0 Å². The molecule has 1 aromatic rings. The number of anilines is 1. The molecule has 1 atom stereocenters. The van der Waals surface area contributed by atoms with E-state index in [0.29, 0.717) is 11.4 Å². The second-order valence-electron chi connectivity index (χ2n) is 5.64. The maximum Gasteiger partial charge on any atom is 0.408 e. The summed E-state index contributed by atoms with van der Waals surface area (Å²) in [5.74, 6) is 0.202. The van der Waals surface area contributed by atoms with Crippen molar-refractivity contribution in [1.82, 2.24) is 5.32 Å². The van der Waals surface area contributed by atoms with Gasteiger partial charge in [0, 0.05) is 4.47 Å². The predicted molar refractivity (Wildman–Crippen MR) is 81.4 cm³/mol. The van der Waals surface area contributed by atoms with Crippen LogP contribution >= 0.6 is 15.9 Å². The highest BCUT2D eigenvalue weighted by Gasteiger charge is 2.28. The third-order valence-corrected chi connectivity index (χ3v) is 3.11. The minimum atomic E-state index is -0.814. The highest BCUT2D eigenvalue weighted by Crippen LogP contribution is 2.30. The van der Waals surface area contributed by atoms with Crippen LogP contribution in [0, 0.1) is 0 Å². The van der Waals surface area contributed by atoms with Crippen LogP contribution < -0.4 is 15.4 Å². The van der Waals surface area contributed by atoms with Crippen molar-refractivity contribution >= 4 is 33.6 Å². The summed E-state index contributed by atoms with van der Waals surface area (Å²) in [6.45, 7) is 5.30. The molecule has 6 nitrogen and oxygen atoms in total. The van der Waals surface area contributed by atoms with Crippen molar-refractivity contribution < 1.29 is 19.1 Å². The van der Waals surface area contributed by atoms with E-state index in [0.717, 1.165) is 4.47 Å². The number of benzene rings is 1. The van der Waals surface area contributed by atoms with Gasteiger partial charge in [0.05, 0.1) is 5.69 Å². The van der Waals surface area contributed by atoms with Gasteiger partial charge in [-0.1, -0.05) is 15.9 Å². The quantitative estimate of drug-likeness (QED) is 0.810. The van der Waals surface area contributed by atoms with Gasteiger partial charge in [0.25, 0.3) is 5.91 Å². The number of fused-ring (bicyclic) bond motifs is 1. The lowest BCUT2D eigenvalue weighted by molar-refractivity contribution is -0.118. The van der Waals surface area contributed by atoms with Crippen molar-refractivity contribution in [2.75, 3.05) is 11.9 Å². The van der Waals surface area contributed by atoms with Crippen molar-refractivity contribution in [3.05, 3.63) is 22.7 Å². The predicted octanol–water partition coefficient (Wildman–Crippen LogP) is 2.67. The third-order valence-electron chi connectivity index (χ3n) is 2.61. The minimum absolute atomic E-state index is 0.0362. The lowest BCUT2D eigenvalue weighted by atomic mass is 10.2. The molecule has 0 saturated heterocycles. The summed E-state index contributed by atoms with van der Waals surface area (Å²) in [5.41, 5.74) is -0.0586. The van der Waals surface area contributed by atoms with Gasteiger partial charge in [-0.25, -0.2) is 4.79 Å². The number of carbonyl (C=O) groups is 2. The molecule has 2 N–H and O–H groups in total. The Kier molecular flexibility index (Phi) is 4.41. The van der Waals surface area contributed by atoms with Gasteiger partial charge in [-0.3, -0.25) is 4.79 Å². The fourth-order valence-corrected chi connectivity index (χ4v) is 2.08. The van der Waals surface area contributed by atoms with E-state index < -0.39 is 17.7 Å². The molecule has 0 bridgehead atoms. The number of rotatable bonds is 1. The van der Waals surface area contributed by atoms with Gasteiger partial charge in [-0.15, -0.1) is 0 Å². The van der Waals surface area contributed by atoms with Crippen molar-refractivity contribution in [2.24, 2.45) is 0 Å². The van der Waals surface area contributed by atoms with Gasteiger partial charge >= 0.3 is 6.09 Å². The second-order valence-corrected chi connectivity index (χ2v) is 6.56. The fraction of sp³-hybridized carbons (Fsp3) is 0.429. The minimum Gasteiger partial charge on any atom is -0.489 e. The molecular formula is C14H17BrN2O4. The topological polar surface area (TPSA) is 76.7 Å². The third kappa shape index (κ3) is 4.35. The van der Waals surface area contributed by atoms with Crippen LogP contribution in [0.1, 0.15) is 20.8 Å².